The van der Waals surface area contributed by atoms with Gasteiger partial charge in [0.05, 0.1) is 24.8 Å². The van der Waals surface area contributed by atoms with Gasteiger partial charge in [0.2, 0.25) is 5.91 Å². The van der Waals surface area contributed by atoms with E-state index < -0.39 is 11.6 Å². The number of carbonyl (C=O) groups excluding carboxylic acids is 1. The molecular weight excluding hydrogens is 280 g/mol. The summed E-state index contributed by atoms with van der Waals surface area (Å²) >= 11 is 0. The lowest BCUT2D eigenvalue weighted by Crippen LogP contribution is -2.41. The number of anilines is 1. The first-order valence-corrected chi connectivity index (χ1v) is 6.60. The molecule has 0 aromatic heterocycles. The number of morpholine rings is 1. The molecule has 1 aromatic carbocycles. The van der Waals surface area contributed by atoms with E-state index in [-0.39, 0.29) is 30.1 Å². The number of rotatable bonds is 4. The zero-order valence-electron chi connectivity index (χ0n) is 11.4. The molecule has 0 aliphatic carbocycles. The van der Waals surface area contributed by atoms with Crippen molar-refractivity contribution in [2.75, 3.05) is 38.2 Å². The lowest BCUT2D eigenvalue weighted by Gasteiger charge is -2.26. The van der Waals surface area contributed by atoms with E-state index in [2.05, 4.69) is 5.32 Å². The molecule has 2 rings (SSSR count). The molecule has 0 radical (unpaired) electrons. The van der Waals surface area contributed by atoms with Gasteiger partial charge in [0, 0.05) is 26.1 Å². The van der Waals surface area contributed by atoms with Crippen LogP contribution in [0, 0.1) is 23.0 Å². The average Bonchev–Trinajstić information content (AvgIpc) is 2.50. The van der Waals surface area contributed by atoms with Crippen LogP contribution in [0.15, 0.2) is 12.1 Å². The van der Waals surface area contributed by atoms with Crippen LogP contribution in [-0.2, 0) is 9.53 Å². The maximum absolute atomic E-state index is 13.6. The minimum absolute atomic E-state index is 0.0831. The average molecular weight is 295 g/mol. The molecule has 0 spiro atoms. The number of hydrogen-bond donors (Lipinski definition) is 1. The van der Waals surface area contributed by atoms with Crippen LogP contribution in [0.5, 0.6) is 0 Å². The monoisotopic (exact) mass is 295 g/mol. The maximum atomic E-state index is 13.6. The molecule has 1 fully saturated rings. The van der Waals surface area contributed by atoms with Crippen LogP contribution >= 0.6 is 0 Å². The third kappa shape index (κ3) is 3.89. The van der Waals surface area contributed by atoms with Crippen LogP contribution in [0.3, 0.4) is 0 Å². The Kier molecular flexibility index (Phi) is 5.06. The number of nitrogens with one attached hydrogen (secondary N) is 1. The van der Waals surface area contributed by atoms with Crippen LogP contribution in [0.1, 0.15) is 12.0 Å². The zero-order valence-corrected chi connectivity index (χ0v) is 11.4. The predicted octanol–water partition coefficient (Wildman–Crippen LogP) is 1.50. The van der Waals surface area contributed by atoms with Gasteiger partial charge in [-0.25, -0.2) is 8.78 Å². The summed E-state index contributed by atoms with van der Waals surface area (Å²) in [5.74, 6) is -1.77. The van der Waals surface area contributed by atoms with E-state index in [9.17, 15) is 13.6 Å². The van der Waals surface area contributed by atoms with E-state index in [4.69, 9.17) is 10.00 Å². The number of carbonyl (C=O) groups is 1. The van der Waals surface area contributed by atoms with Gasteiger partial charge >= 0.3 is 0 Å². The van der Waals surface area contributed by atoms with Crippen molar-refractivity contribution in [2.24, 2.45) is 0 Å². The minimum Gasteiger partial charge on any atom is -0.380 e. The van der Waals surface area contributed by atoms with E-state index in [1.165, 1.54) is 0 Å². The molecule has 5 nitrogen and oxygen atoms in total. The Morgan fingerprint density at radius 3 is 2.52 bits per heavy atom. The summed E-state index contributed by atoms with van der Waals surface area (Å²) in [5.41, 5.74) is -0.399. The van der Waals surface area contributed by atoms with Gasteiger partial charge < -0.3 is 15.0 Å². The molecule has 1 aliphatic rings. The van der Waals surface area contributed by atoms with Crippen LogP contribution in [0.4, 0.5) is 14.5 Å². The molecular formula is C14H15F2N3O2. The fraction of sp³-hybridized carbons (Fsp3) is 0.429. The Morgan fingerprint density at radius 1 is 1.33 bits per heavy atom. The molecule has 112 valence electrons. The summed E-state index contributed by atoms with van der Waals surface area (Å²) in [4.78, 5) is 13.5. The fourth-order valence-corrected chi connectivity index (χ4v) is 2.07. The number of nitrogens with zero attached hydrogens (tertiary/aromatic N) is 2. The molecule has 1 aliphatic heterocycles. The van der Waals surface area contributed by atoms with Crippen LogP contribution in [0.2, 0.25) is 0 Å². The number of halogens is 2. The number of hydrogen-bond acceptors (Lipinski definition) is 4. The van der Waals surface area contributed by atoms with E-state index in [0.717, 1.165) is 12.1 Å². The fourth-order valence-electron chi connectivity index (χ4n) is 2.07. The number of amides is 1. The van der Waals surface area contributed by atoms with Gasteiger partial charge in [0.15, 0.2) is 11.6 Å². The van der Waals surface area contributed by atoms with Gasteiger partial charge in [-0.1, -0.05) is 0 Å². The van der Waals surface area contributed by atoms with E-state index in [1.807, 2.05) is 0 Å². The van der Waals surface area contributed by atoms with Crippen LogP contribution < -0.4 is 5.32 Å². The van der Waals surface area contributed by atoms with Gasteiger partial charge in [-0.2, -0.15) is 5.26 Å². The first kappa shape index (κ1) is 15.2. The third-order valence-electron chi connectivity index (χ3n) is 3.18. The molecule has 0 unspecified atom stereocenters. The van der Waals surface area contributed by atoms with Crippen molar-refractivity contribution >= 4 is 11.6 Å². The largest absolute Gasteiger partial charge is 0.380 e. The highest BCUT2D eigenvalue weighted by Crippen LogP contribution is 2.20. The van der Waals surface area contributed by atoms with E-state index in [0.29, 0.717) is 26.3 Å². The second kappa shape index (κ2) is 6.99. The van der Waals surface area contributed by atoms with Gasteiger partial charge in [-0.3, -0.25) is 4.79 Å². The minimum atomic E-state index is -0.842. The molecule has 21 heavy (non-hydrogen) atoms. The van der Waals surface area contributed by atoms with Crippen molar-refractivity contribution in [3.63, 3.8) is 0 Å². The van der Waals surface area contributed by atoms with Crippen molar-refractivity contribution < 1.29 is 18.3 Å². The molecule has 0 saturated carbocycles. The standard InChI is InChI=1S/C14H15F2N3O2/c15-11-7-10(9-17)8-12(16)14(11)18-2-1-13(20)19-3-5-21-6-4-19/h7-8,18H,1-6H2. The molecule has 7 heteroatoms. The molecule has 0 atom stereocenters. The van der Waals surface area contributed by atoms with Crippen molar-refractivity contribution in [1.82, 2.24) is 4.90 Å². The highest BCUT2D eigenvalue weighted by molar-refractivity contribution is 5.76. The maximum Gasteiger partial charge on any atom is 0.224 e. The second-order valence-electron chi connectivity index (χ2n) is 4.60. The predicted molar refractivity (Wildman–Crippen MR) is 71.6 cm³/mol. The van der Waals surface area contributed by atoms with Gasteiger partial charge in [0.25, 0.3) is 0 Å². The Hall–Kier alpha value is -2.20. The van der Waals surface area contributed by atoms with Gasteiger partial charge in [0.1, 0.15) is 5.69 Å². The molecule has 1 saturated heterocycles. The quantitative estimate of drug-likeness (QED) is 0.914. The second-order valence-corrected chi connectivity index (χ2v) is 4.60. The van der Waals surface area contributed by atoms with E-state index >= 15 is 0 Å². The lowest BCUT2D eigenvalue weighted by atomic mass is 10.2. The summed E-state index contributed by atoms with van der Waals surface area (Å²) in [6.07, 6.45) is 0.138. The molecule has 1 N–H and O–H groups in total. The molecule has 1 heterocycles. The molecule has 1 aromatic rings. The van der Waals surface area contributed by atoms with Gasteiger partial charge in [-0.05, 0) is 12.1 Å². The van der Waals surface area contributed by atoms with Crippen molar-refractivity contribution in [1.29, 1.82) is 5.26 Å². The SMILES string of the molecule is N#Cc1cc(F)c(NCCC(=O)N2CCOCC2)c(F)c1. The van der Waals surface area contributed by atoms with Crippen LogP contribution in [-0.4, -0.2) is 43.7 Å². The molecule has 1 amide bonds. The van der Waals surface area contributed by atoms with Gasteiger partial charge in [-0.15, -0.1) is 0 Å². The summed E-state index contributed by atoms with van der Waals surface area (Å²) < 4.78 is 32.4. The number of ether oxygens (including phenoxy) is 1. The van der Waals surface area contributed by atoms with Crippen molar-refractivity contribution in [3.8, 4) is 6.07 Å². The Labute approximate surface area is 121 Å². The van der Waals surface area contributed by atoms with Crippen molar-refractivity contribution in [3.05, 3.63) is 29.3 Å². The zero-order chi connectivity index (χ0) is 15.2. The number of nitriles is 1. The summed E-state index contributed by atoms with van der Waals surface area (Å²) in [6, 6.07) is 3.58. The van der Waals surface area contributed by atoms with Crippen LogP contribution in [0.25, 0.3) is 0 Å². The third-order valence-corrected chi connectivity index (χ3v) is 3.18. The summed E-state index contributed by atoms with van der Waals surface area (Å²) in [7, 11) is 0. The van der Waals surface area contributed by atoms with Crippen molar-refractivity contribution in [2.45, 2.75) is 6.42 Å². The Bertz CT molecular complexity index is 543. The summed E-state index contributed by atoms with van der Waals surface area (Å²) in [5, 5.41) is 11.2. The lowest BCUT2D eigenvalue weighted by molar-refractivity contribution is -0.134. The topological polar surface area (TPSA) is 65.4 Å². The highest BCUT2D eigenvalue weighted by atomic mass is 19.1. The first-order chi connectivity index (χ1) is 10.1. The number of benzene rings is 1. The van der Waals surface area contributed by atoms with E-state index in [1.54, 1.807) is 11.0 Å². The Balaban J connectivity index is 1.89. The molecule has 0 bridgehead atoms. The smallest absolute Gasteiger partial charge is 0.224 e. The first-order valence-electron chi connectivity index (χ1n) is 6.60. The highest BCUT2D eigenvalue weighted by Gasteiger charge is 2.17. The summed E-state index contributed by atoms with van der Waals surface area (Å²) in [6.45, 7) is 2.23. The Morgan fingerprint density at radius 2 is 1.95 bits per heavy atom. The normalized spacial score (nSPS) is 14.6.